The standard InChI is InChI=1S/C21H23BrN6O2/c1-27-11-15(10-25-27)14-8-18(19(23)24-9-14)20(29)26-17-5-6-28(12-17)21(30)13-3-2-4-16(22)7-13/h2-4,7-10,15,17H,5-6,11-12H2,1H3,(H2,23,24)(H,26,29)/t15?,17-/m0/s1. The van der Waals surface area contributed by atoms with Crippen LogP contribution in [-0.4, -0.2) is 65.6 Å². The van der Waals surface area contributed by atoms with Crippen LogP contribution in [0.5, 0.6) is 0 Å². The van der Waals surface area contributed by atoms with Crippen molar-refractivity contribution in [2.24, 2.45) is 5.10 Å². The average Bonchev–Trinajstić information content (AvgIpc) is 3.37. The molecule has 0 aliphatic carbocycles. The first-order valence-corrected chi connectivity index (χ1v) is 10.6. The third kappa shape index (κ3) is 4.30. The summed E-state index contributed by atoms with van der Waals surface area (Å²) in [5, 5.41) is 9.09. The third-order valence-corrected chi connectivity index (χ3v) is 5.89. The summed E-state index contributed by atoms with van der Waals surface area (Å²) in [5.41, 5.74) is 7.85. The number of hydrogen-bond donors (Lipinski definition) is 2. The Kier molecular flexibility index (Phi) is 5.72. The van der Waals surface area contributed by atoms with Crippen LogP contribution in [0.1, 0.15) is 38.6 Å². The number of aromatic nitrogens is 1. The molecule has 1 fully saturated rings. The van der Waals surface area contributed by atoms with Gasteiger partial charge in [0.05, 0.1) is 5.56 Å². The maximum atomic E-state index is 12.9. The quantitative estimate of drug-likeness (QED) is 0.711. The topological polar surface area (TPSA) is 104 Å². The summed E-state index contributed by atoms with van der Waals surface area (Å²) in [6, 6.07) is 8.97. The van der Waals surface area contributed by atoms with Crippen LogP contribution < -0.4 is 11.1 Å². The molecular weight excluding hydrogens is 448 g/mol. The molecule has 0 saturated carbocycles. The molecule has 0 bridgehead atoms. The second-order valence-electron chi connectivity index (χ2n) is 7.63. The maximum absolute atomic E-state index is 12.9. The molecule has 1 saturated heterocycles. The van der Waals surface area contributed by atoms with Crippen LogP contribution >= 0.6 is 15.9 Å². The SMILES string of the molecule is CN1CC(c2cnc(N)c(C(=O)N[C@H]3CCN(C(=O)c4cccc(Br)c4)C3)c2)C=N1. The summed E-state index contributed by atoms with van der Waals surface area (Å²) >= 11 is 3.39. The van der Waals surface area contributed by atoms with E-state index in [4.69, 9.17) is 5.73 Å². The van der Waals surface area contributed by atoms with Crippen molar-refractivity contribution in [3.05, 3.63) is 57.7 Å². The minimum absolute atomic E-state index is 0.0409. The fourth-order valence-corrected chi connectivity index (χ4v) is 4.17. The van der Waals surface area contributed by atoms with E-state index in [-0.39, 0.29) is 29.6 Å². The Balaban J connectivity index is 1.41. The van der Waals surface area contributed by atoms with E-state index in [1.54, 1.807) is 29.3 Å². The molecule has 4 rings (SSSR count). The zero-order chi connectivity index (χ0) is 21.3. The average molecular weight is 471 g/mol. The molecule has 2 aliphatic heterocycles. The van der Waals surface area contributed by atoms with Gasteiger partial charge in [-0.25, -0.2) is 4.98 Å². The number of pyridine rings is 1. The number of halogens is 1. The molecule has 8 nitrogen and oxygen atoms in total. The summed E-state index contributed by atoms with van der Waals surface area (Å²) in [5.74, 6) is -0.0354. The molecule has 9 heteroatoms. The molecule has 3 N–H and O–H groups in total. The van der Waals surface area contributed by atoms with Crippen LogP contribution in [-0.2, 0) is 0 Å². The largest absolute Gasteiger partial charge is 0.383 e. The maximum Gasteiger partial charge on any atom is 0.255 e. The summed E-state index contributed by atoms with van der Waals surface area (Å²) in [4.78, 5) is 31.5. The minimum Gasteiger partial charge on any atom is -0.383 e. The number of nitrogens with one attached hydrogen (secondary N) is 1. The van der Waals surface area contributed by atoms with Crippen LogP contribution in [0.25, 0.3) is 0 Å². The Labute approximate surface area is 183 Å². The number of hydrogen-bond acceptors (Lipinski definition) is 6. The number of nitrogen functional groups attached to an aromatic ring is 1. The van der Waals surface area contributed by atoms with E-state index in [2.05, 4.69) is 31.3 Å². The van der Waals surface area contributed by atoms with Gasteiger partial charge in [0.15, 0.2) is 0 Å². The van der Waals surface area contributed by atoms with Gasteiger partial charge in [-0.05, 0) is 36.2 Å². The van der Waals surface area contributed by atoms with E-state index in [0.717, 1.165) is 16.6 Å². The number of carbonyl (C=O) groups excluding carboxylic acids is 2. The first kappa shape index (κ1) is 20.3. The van der Waals surface area contributed by atoms with Gasteiger partial charge in [0.2, 0.25) is 0 Å². The summed E-state index contributed by atoms with van der Waals surface area (Å²) in [7, 11) is 1.90. The van der Waals surface area contributed by atoms with Crippen molar-refractivity contribution in [2.45, 2.75) is 18.4 Å². The fourth-order valence-electron chi connectivity index (χ4n) is 3.77. The number of hydrazone groups is 1. The van der Waals surface area contributed by atoms with Gasteiger partial charge in [-0.15, -0.1) is 0 Å². The molecule has 0 radical (unpaired) electrons. The molecule has 2 aliphatic rings. The van der Waals surface area contributed by atoms with Crippen molar-refractivity contribution in [1.29, 1.82) is 0 Å². The smallest absolute Gasteiger partial charge is 0.255 e. The van der Waals surface area contributed by atoms with E-state index >= 15 is 0 Å². The van der Waals surface area contributed by atoms with Crippen LogP contribution in [0.3, 0.4) is 0 Å². The normalized spacial score (nSPS) is 20.6. The van der Waals surface area contributed by atoms with E-state index in [1.165, 1.54) is 0 Å². The van der Waals surface area contributed by atoms with Gasteiger partial charge < -0.3 is 16.0 Å². The predicted octanol–water partition coefficient (Wildman–Crippen LogP) is 2.09. The highest BCUT2D eigenvalue weighted by atomic mass is 79.9. The van der Waals surface area contributed by atoms with Crippen LogP contribution in [0.15, 0.2) is 46.1 Å². The molecule has 2 aromatic rings. The Morgan fingerprint density at radius 1 is 1.27 bits per heavy atom. The fraction of sp³-hybridized carbons (Fsp3) is 0.333. The monoisotopic (exact) mass is 470 g/mol. The van der Waals surface area contributed by atoms with Crippen molar-refractivity contribution >= 4 is 39.8 Å². The lowest BCUT2D eigenvalue weighted by Crippen LogP contribution is -2.38. The molecule has 1 unspecified atom stereocenters. The molecule has 156 valence electrons. The molecule has 1 aromatic carbocycles. The van der Waals surface area contributed by atoms with Crippen molar-refractivity contribution in [1.82, 2.24) is 20.2 Å². The summed E-state index contributed by atoms with van der Waals surface area (Å²) in [6.45, 7) is 1.79. The van der Waals surface area contributed by atoms with E-state index in [0.29, 0.717) is 30.6 Å². The first-order chi connectivity index (χ1) is 14.4. The highest BCUT2D eigenvalue weighted by Crippen LogP contribution is 2.23. The molecular formula is C21H23BrN6O2. The summed E-state index contributed by atoms with van der Waals surface area (Å²) in [6.07, 6.45) is 4.23. The minimum atomic E-state index is -0.271. The van der Waals surface area contributed by atoms with Gasteiger partial charge >= 0.3 is 0 Å². The number of benzene rings is 1. The van der Waals surface area contributed by atoms with Gasteiger partial charge in [-0.2, -0.15) is 5.10 Å². The number of amides is 2. The van der Waals surface area contributed by atoms with Gasteiger partial charge in [0, 0.05) is 61.1 Å². The van der Waals surface area contributed by atoms with Gasteiger partial charge in [0.25, 0.3) is 11.8 Å². The van der Waals surface area contributed by atoms with Crippen molar-refractivity contribution in [2.75, 3.05) is 32.4 Å². The van der Waals surface area contributed by atoms with E-state index in [1.807, 2.05) is 30.4 Å². The lowest BCUT2D eigenvalue weighted by atomic mass is 10.0. The zero-order valence-corrected chi connectivity index (χ0v) is 18.2. The van der Waals surface area contributed by atoms with Crippen molar-refractivity contribution < 1.29 is 9.59 Å². The number of nitrogens with two attached hydrogens (primary N) is 1. The van der Waals surface area contributed by atoms with Crippen molar-refractivity contribution in [3.63, 3.8) is 0 Å². The van der Waals surface area contributed by atoms with Crippen LogP contribution in [0, 0.1) is 0 Å². The predicted molar refractivity (Wildman–Crippen MR) is 118 cm³/mol. The molecule has 2 atom stereocenters. The van der Waals surface area contributed by atoms with Gasteiger partial charge in [-0.3, -0.25) is 14.6 Å². The molecule has 2 amide bonds. The van der Waals surface area contributed by atoms with Crippen LogP contribution in [0.2, 0.25) is 0 Å². The lowest BCUT2D eigenvalue weighted by Gasteiger charge is -2.18. The van der Waals surface area contributed by atoms with E-state index < -0.39 is 0 Å². The number of anilines is 1. The number of nitrogens with zero attached hydrogens (tertiary/aromatic N) is 4. The van der Waals surface area contributed by atoms with Crippen molar-refractivity contribution in [3.8, 4) is 0 Å². The second kappa shape index (κ2) is 8.43. The molecule has 30 heavy (non-hydrogen) atoms. The first-order valence-electron chi connectivity index (χ1n) is 9.77. The zero-order valence-electron chi connectivity index (χ0n) is 16.6. The Bertz CT molecular complexity index is 1010. The number of likely N-dealkylation sites (tertiary alicyclic amines) is 1. The Morgan fingerprint density at radius 2 is 2.10 bits per heavy atom. The third-order valence-electron chi connectivity index (χ3n) is 5.40. The number of carbonyl (C=O) groups is 2. The van der Waals surface area contributed by atoms with Crippen LogP contribution in [0.4, 0.5) is 5.82 Å². The number of rotatable bonds is 4. The second-order valence-corrected chi connectivity index (χ2v) is 8.55. The number of likely N-dealkylation sites (N-methyl/N-ethyl adjacent to an activating group) is 1. The molecule has 3 heterocycles. The summed E-state index contributed by atoms with van der Waals surface area (Å²) < 4.78 is 0.860. The molecule has 0 spiro atoms. The highest BCUT2D eigenvalue weighted by Gasteiger charge is 2.29. The Morgan fingerprint density at radius 3 is 2.83 bits per heavy atom. The lowest BCUT2D eigenvalue weighted by molar-refractivity contribution is 0.0783. The Hall–Kier alpha value is -2.94. The van der Waals surface area contributed by atoms with E-state index in [9.17, 15) is 9.59 Å². The highest BCUT2D eigenvalue weighted by molar-refractivity contribution is 9.10. The van der Waals surface area contributed by atoms with Gasteiger partial charge in [-0.1, -0.05) is 22.0 Å². The molecule has 1 aromatic heterocycles. The van der Waals surface area contributed by atoms with Gasteiger partial charge in [0.1, 0.15) is 5.82 Å².